The third kappa shape index (κ3) is 6.10. The van der Waals surface area contributed by atoms with E-state index in [2.05, 4.69) is 20.2 Å². The maximum Gasteiger partial charge on any atom is 0.102 e. The molecule has 0 saturated carbocycles. The number of nitrogens with zero attached hydrogens (tertiary/aromatic N) is 5. The van der Waals surface area contributed by atoms with Gasteiger partial charge in [0.15, 0.2) is 0 Å². The Morgan fingerprint density at radius 3 is 2.75 bits per heavy atom. The van der Waals surface area contributed by atoms with Crippen molar-refractivity contribution >= 4 is 11.5 Å². The van der Waals surface area contributed by atoms with E-state index in [0.717, 1.165) is 17.2 Å². The first kappa shape index (κ1) is 18.1. The second kappa shape index (κ2) is 9.79. The van der Waals surface area contributed by atoms with Gasteiger partial charge >= 0.3 is 0 Å². The van der Waals surface area contributed by atoms with Gasteiger partial charge in [0.2, 0.25) is 0 Å². The van der Waals surface area contributed by atoms with Crippen LogP contribution in [0.2, 0.25) is 0 Å². The zero-order valence-corrected chi connectivity index (χ0v) is 14.6. The van der Waals surface area contributed by atoms with Gasteiger partial charge in [-0.15, -0.1) is 5.10 Å². The monoisotopic (exact) mass is 331 g/mol. The van der Waals surface area contributed by atoms with E-state index in [9.17, 15) is 0 Å². The summed E-state index contributed by atoms with van der Waals surface area (Å²) in [6.07, 6.45) is 1.94. The highest BCUT2D eigenvalue weighted by Gasteiger charge is 2.06. The largest absolute Gasteiger partial charge is 0.382 e. The Balaban J connectivity index is 1.81. The predicted molar refractivity (Wildman–Crippen MR) is 93.4 cm³/mol. The van der Waals surface area contributed by atoms with Gasteiger partial charge in [-0.1, -0.05) is 23.4 Å². The number of benzene rings is 1. The molecule has 0 saturated heterocycles. The molecule has 0 aliphatic carbocycles. The average Bonchev–Trinajstić information content (AvgIpc) is 3.03. The molecule has 7 heteroatoms. The number of para-hydroxylation sites is 1. The van der Waals surface area contributed by atoms with E-state index in [4.69, 9.17) is 9.47 Å². The lowest BCUT2D eigenvalue weighted by Gasteiger charge is -2.16. The summed E-state index contributed by atoms with van der Waals surface area (Å²) < 4.78 is 12.2. The Morgan fingerprint density at radius 1 is 1.21 bits per heavy atom. The fourth-order valence-electron chi connectivity index (χ4n) is 2.05. The Bertz CT molecular complexity index is 627. The van der Waals surface area contributed by atoms with Crippen LogP contribution in [0.5, 0.6) is 0 Å². The second-order valence-electron chi connectivity index (χ2n) is 5.43. The van der Waals surface area contributed by atoms with Crippen LogP contribution in [-0.2, 0) is 22.6 Å². The summed E-state index contributed by atoms with van der Waals surface area (Å²) in [6, 6.07) is 9.91. The molecule has 7 nitrogen and oxygen atoms in total. The molecule has 0 atom stereocenters. The van der Waals surface area contributed by atoms with E-state index in [1.807, 2.05) is 50.5 Å². The van der Waals surface area contributed by atoms with Gasteiger partial charge in [0.25, 0.3) is 0 Å². The Hall–Kier alpha value is -2.25. The number of methoxy groups -OCH3 is 1. The molecule has 24 heavy (non-hydrogen) atoms. The third-order valence-corrected chi connectivity index (χ3v) is 3.48. The van der Waals surface area contributed by atoms with Crippen molar-refractivity contribution in [2.24, 2.45) is 4.99 Å². The number of hydrogen-bond donors (Lipinski definition) is 0. The summed E-state index contributed by atoms with van der Waals surface area (Å²) in [5.74, 6) is 0.929. The summed E-state index contributed by atoms with van der Waals surface area (Å²) in [7, 11) is 3.65. The van der Waals surface area contributed by atoms with Crippen LogP contribution in [0.4, 0.5) is 5.69 Å². The summed E-state index contributed by atoms with van der Waals surface area (Å²) in [5.41, 5.74) is 1.84. The Morgan fingerprint density at radius 2 is 2.00 bits per heavy atom. The zero-order chi connectivity index (χ0) is 17.2. The van der Waals surface area contributed by atoms with Crippen LogP contribution in [0.1, 0.15) is 12.6 Å². The minimum atomic E-state index is 0.593. The lowest BCUT2D eigenvalue weighted by molar-refractivity contribution is 0.0652. The average molecular weight is 331 g/mol. The highest BCUT2D eigenvalue weighted by atomic mass is 16.5. The van der Waals surface area contributed by atoms with E-state index in [-0.39, 0.29) is 0 Å². The normalized spacial score (nSPS) is 11.7. The van der Waals surface area contributed by atoms with Gasteiger partial charge in [-0.05, 0) is 19.1 Å². The number of aromatic nitrogens is 3. The molecule has 0 bridgehead atoms. The molecule has 0 spiro atoms. The van der Waals surface area contributed by atoms with Crippen molar-refractivity contribution in [2.45, 2.75) is 20.0 Å². The lowest BCUT2D eigenvalue weighted by Crippen LogP contribution is -2.23. The van der Waals surface area contributed by atoms with Gasteiger partial charge in [0.05, 0.1) is 44.8 Å². The van der Waals surface area contributed by atoms with Crippen LogP contribution in [0.3, 0.4) is 0 Å². The zero-order valence-electron chi connectivity index (χ0n) is 14.6. The van der Waals surface area contributed by atoms with Crippen LogP contribution in [0.15, 0.2) is 41.5 Å². The van der Waals surface area contributed by atoms with Crippen molar-refractivity contribution in [3.63, 3.8) is 0 Å². The van der Waals surface area contributed by atoms with Gasteiger partial charge in [-0.25, -0.2) is 9.67 Å². The first-order chi connectivity index (χ1) is 11.7. The van der Waals surface area contributed by atoms with E-state index >= 15 is 0 Å². The molecule has 130 valence electrons. The fourth-order valence-corrected chi connectivity index (χ4v) is 2.05. The minimum Gasteiger partial charge on any atom is -0.382 e. The maximum atomic E-state index is 5.43. The van der Waals surface area contributed by atoms with E-state index < -0.39 is 0 Å². The Labute approximate surface area is 142 Å². The predicted octanol–water partition coefficient (Wildman–Crippen LogP) is 2.12. The molecule has 0 aliphatic rings. The van der Waals surface area contributed by atoms with Gasteiger partial charge in [0, 0.05) is 14.2 Å². The summed E-state index contributed by atoms with van der Waals surface area (Å²) in [5, 5.41) is 8.32. The molecule has 0 fully saturated rings. The van der Waals surface area contributed by atoms with Gasteiger partial charge < -0.3 is 14.4 Å². The fraction of sp³-hybridized carbons (Fsp3) is 0.471. The van der Waals surface area contributed by atoms with Crippen LogP contribution >= 0.6 is 0 Å². The molecular weight excluding hydrogens is 306 g/mol. The lowest BCUT2D eigenvalue weighted by atomic mass is 10.3. The first-order valence-electron chi connectivity index (χ1n) is 7.96. The summed E-state index contributed by atoms with van der Waals surface area (Å²) >= 11 is 0. The van der Waals surface area contributed by atoms with E-state index in [0.29, 0.717) is 32.9 Å². The van der Waals surface area contributed by atoms with Crippen molar-refractivity contribution in [1.82, 2.24) is 19.9 Å². The van der Waals surface area contributed by atoms with Gasteiger partial charge in [-0.2, -0.15) is 0 Å². The molecule has 0 radical (unpaired) electrons. The molecule has 1 aromatic carbocycles. The van der Waals surface area contributed by atoms with Crippen LogP contribution in [0.25, 0.3) is 0 Å². The van der Waals surface area contributed by atoms with E-state index in [1.54, 1.807) is 11.8 Å². The van der Waals surface area contributed by atoms with Crippen molar-refractivity contribution in [1.29, 1.82) is 0 Å². The SMILES string of the molecule is COCCOCCn1cc(CN(C)C(C)=Nc2ccccc2)nn1. The van der Waals surface area contributed by atoms with Crippen molar-refractivity contribution in [2.75, 3.05) is 34.0 Å². The van der Waals surface area contributed by atoms with E-state index in [1.165, 1.54) is 0 Å². The molecule has 0 aliphatic heterocycles. The van der Waals surface area contributed by atoms with Gasteiger partial charge in [-0.3, -0.25) is 0 Å². The minimum absolute atomic E-state index is 0.593. The standard InChI is InChI=1S/C17H25N5O2/c1-15(18-16-7-5-4-6-8-16)21(2)13-17-14-22(20-19-17)9-10-24-12-11-23-3/h4-8,14H,9-13H2,1-3H3. The molecule has 0 amide bonds. The molecule has 0 unspecified atom stereocenters. The smallest absolute Gasteiger partial charge is 0.102 e. The van der Waals surface area contributed by atoms with Crippen molar-refractivity contribution in [3.05, 3.63) is 42.2 Å². The molecular formula is C17H25N5O2. The molecule has 1 aromatic heterocycles. The first-order valence-corrected chi connectivity index (χ1v) is 7.96. The Kier molecular flexibility index (Phi) is 7.38. The molecule has 2 aromatic rings. The van der Waals surface area contributed by atoms with Gasteiger partial charge in [0.1, 0.15) is 11.5 Å². The number of hydrogen-bond acceptors (Lipinski definition) is 5. The number of amidine groups is 1. The second-order valence-corrected chi connectivity index (χ2v) is 5.43. The highest BCUT2D eigenvalue weighted by Crippen LogP contribution is 2.11. The van der Waals surface area contributed by atoms with Crippen LogP contribution < -0.4 is 0 Å². The quantitative estimate of drug-likeness (QED) is 0.400. The van der Waals surface area contributed by atoms with Crippen molar-refractivity contribution in [3.8, 4) is 0 Å². The van der Waals surface area contributed by atoms with Crippen LogP contribution in [0, 0.1) is 0 Å². The molecule has 1 heterocycles. The molecule has 0 N–H and O–H groups in total. The summed E-state index contributed by atoms with van der Waals surface area (Å²) in [4.78, 5) is 6.65. The third-order valence-electron chi connectivity index (χ3n) is 3.48. The number of ether oxygens (including phenoxy) is 2. The topological polar surface area (TPSA) is 64.8 Å². The van der Waals surface area contributed by atoms with Crippen molar-refractivity contribution < 1.29 is 9.47 Å². The highest BCUT2D eigenvalue weighted by molar-refractivity contribution is 5.82. The van der Waals surface area contributed by atoms with Crippen LogP contribution in [-0.4, -0.2) is 59.7 Å². The number of aliphatic imine (C=N–C) groups is 1. The number of rotatable bonds is 9. The maximum absolute atomic E-state index is 5.43. The molecule has 2 rings (SSSR count). The summed E-state index contributed by atoms with van der Waals surface area (Å²) in [6.45, 7) is 5.12.